The summed E-state index contributed by atoms with van der Waals surface area (Å²) in [6.07, 6.45) is 32.6. The molecule has 6 N–H and O–H groups in total. The second-order valence-electron chi connectivity index (χ2n) is 23.1. The number of nitrogens with two attached hydrogens (primary N) is 2. The summed E-state index contributed by atoms with van der Waals surface area (Å²) in [6.45, 7) is 26.1. The minimum absolute atomic E-state index is 0. The Morgan fingerprint density at radius 1 is 0.734 bits per heavy atom. The average Bonchev–Trinajstić information content (AvgIpc) is 4.16. The summed E-state index contributed by atoms with van der Waals surface area (Å²) in [5.41, 5.74) is 14.5. The van der Waals surface area contributed by atoms with Gasteiger partial charge in [-0.2, -0.15) is 0 Å². The first kappa shape index (κ1) is 75.5. The number of carbonyl (C=O) groups excluding carboxylic acids is 2. The predicted molar refractivity (Wildman–Crippen MR) is 320 cm³/mol. The Morgan fingerprint density at radius 2 is 1.20 bits per heavy atom. The second-order valence-corrected chi connectivity index (χ2v) is 23.1. The number of nitrogens with zero attached hydrogens (tertiary/aromatic N) is 6. The number of nitrogen functional groups attached to an aromatic ring is 2. The molecule has 2 aliphatic heterocycles. The maximum Gasteiger partial charge on any atom is 0.412 e. The van der Waals surface area contributed by atoms with Crippen molar-refractivity contribution < 1.29 is 58.8 Å². The zero-order valence-corrected chi connectivity index (χ0v) is 53.7. The van der Waals surface area contributed by atoms with Crippen molar-refractivity contribution in [3.63, 3.8) is 0 Å². The van der Waals surface area contributed by atoms with E-state index in [4.69, 9.17) is 35.2 Å². The van der Waals surface area contributed by atoms with Crippen LogP contribution in [-0.2, 0) is 56.9 Å². The van der Waals surface area contributed by atoms with E-state index in [9.17, 15) is 14.7 Å². The van der Waals surface area contributed by atoms with Crippen LogP contribution >= 0.6 is 11.6 Å². The van der Waals surface area contributed by atoms with Gasteiger partial charge in [0.15, 0.2) is 0 Å². The number of aliphatic hydroxyl groups excluding tert-OH is 1. The number of hydrogen-bond acceptors (Lipinski definition) is 15. The smallest absolute Gasteiger partial charge is 0.412 e. The minimum Gasteiger partial charge on any atom is -0.444 e. The molecule has 2 aromatic heterocycles. The zero-order chi connectivity index (χ0) is 57.7. The van der Waals surface area contributed by atoms with Gasteiger partial charge in [-0.3, -0.25) is 9.80 Å². The molecule has 19 heteroatoms. The number of unbranched alkanes of at least 4 members (excludes halogenated alkanes) is 12. The first-order valence-corrected chi connectivity index (χ1v) is 29.3. The Hall–Kier alpha value is -3.47. The molecule has 3 atom stereocenters. The Kier molecular flexibility index (Phi) is 37.4. The molecule has 0 bridgehead atoms. The van der Waals surface area contributed by atoms with Gasteiger partial charge in [0.2, 0.25) is 0 Å². The first-order valence-electron chi connectivity index (χ1n) is 28.6. The van der Waals surface area contributed by atoms with Gasteiger partial charge in [0.1, 0.15) is 46.9 Å². The van der Waals surface area contributed by atoms with Crippen LogP contribution in [0.1, 0.15) is 215 Å². The number of carbonyl (C=O) groups is 2. The summed E-state index contributed by atoms with van der Waals surface area (Å²) < 4.78 is 27.6. The van der Waals surface area contributed by atoms with Crippen LogP contribution in [0.15, 0.2) is 24.8 Å². The number of anilines is 2. The molecule has 0 aromatic carbocycles. The van der Waals surface area contributed by atoms with Crippen LogP contribution in [0.2, 0.25) is 0 Å². The van der Waals surface area contributed by atoms with Crippen molar-refractivity contribution in [3.8, 4) is 0 Å². The maximum atomic E-state index is 12.5. The fourth-order valence-electron chi connectivity index (χ4n) is 9.47. The zero-order valence-electron chi connectivity index (χ0n) is 51.4. The van der Waals surface area contributed by atoms with E-state index in [1.54, 1.807) is 16.9 Å². The van der Waals surface area contributed by atoms with E-state index in [0.717, 1.165) is 73.2 Å². The average molecular weight is 1220 g/mol. The molecule has 6 rings (SSSR count). The molecule has 458 valence electrons. The molecule has 4 heterocycles. The van der Waals surface area contributed by atoms with E-state index >= 15 is 0 Å². The molecule has 0 radical (unpaired) electrons. The topological polar surface area (TPSA) is 223 Å². The Balaban J connectivity index is 0.00000104. The number of amides is 2. The van der Waals surface area contributed by atoms with E-state index in [1.807, 2.05) is 81.4 Å². The number of aliphatic hydroxyl groups is 1. The molecule has 79 heavy (non-hydrogen) atoms. The van der Waals surface area contributed by atoms with E-state index in [1.165, 1.54) is 103 Å². The number of hydrogen-bond donors (Lipinski definition) is 4. The van der Waals surface area contributed by atoms with Crippen LogP contribution in [0, 0.1) is 7.43 Å². The summed E-state index contributed by atoms with van der Waals surface area (Å²) >= 11 is 4.64. The number of alkyl halides is 1. The summed E-state index contributed by atoms with van der Waals surface area (Å²) in [5, 5.41) is 13.0. The van der Waals surface area contributed by atoms with Crippen LogP contribution in [0.25, 0.3) is 11.6 Å². The van der Waals surface area contributed by atoms with Crippen LogP contribution in [-0.4, -0.2) is 134 Å². The van der Waals surface area contributed by atoms with Crippen LogP contribution in [0.4, 0.5) is 21.2 Å². The van der Waals surface area contributed by atoms with Crippen molar-refractivity contribution in [2.45, 2.75) is 246 Å². The third-order valence-corrected chi connectivity index (χ3v) is 13.5. The summed E-state index contributed by atoms with van der Waals surface area (Å²) in [6, 6.07) is 0.301. The molecule has 2 amide bonds. The van der Waals surface area contributed by atoms with Gasteiger partial charge >= 0.3 is 12.2 Å². The van der Waals surface area contributed by atoms with Crippen molar-refractivity contribution in [2.75, 3.05) is 57.9 Å². The molecule has 2 fully saturated rings. The van der Waals surface area contributed by atoms with Crippen molar-refractivity contribution in [1.82, 2.24) is 35.1 Å². The SMILES string of the molecule is CCCCCCCCCC1COC(C)(C)N1C(=O)OC(C)(C)C.CCCCCCCCC[C@@H](CO)NCC1=CCc2c(N)ncnc21.CCl.COCCC1COC(C)(C)N1C(=O)OC(C)(C)C.Nc1ncnc2c1CC=C2.[CH3-].[Pd]. The number of methoxy groups -OCH3 is 1. The Morgan fingerprint density at radius 3 is 1.68 bits per heavy atom. The molecule has 0 saturated carbocycles. The fourth-order valence-corrected chi connectivity index (χ4v) is 9.47. The molecule has 2 unspecified atom stereocenters. The summed E-state index contributed by atoms with van der Waals surface area (Å²) in [4.78, 5) is 44.5. The quantitative estimate of drug-likeness (QED) is 0.0352. The summed E-state index contributed by atoms with van der Waals surface area (Å²) in [7, 11) is 1.65. The molecule has 2 aliphatic carbocycles. The maximum absolute atomic E-state index is 12.5. The van der Waals surface area contributed by atoms with Crippen LogP contribution in [0.5, 0.6) is 0 Å². The number of rotatable bonds is 23. The normalized spacial score (nSPS) is 17.5. The van der Waals surface area contributed by atoms with E-state index in [0.29, 0.717) is 31.5 Å². The standard InChI is InChI=1S/C19H32N4O.C19H37NO3.C13H25NO4.C7H7N3.CH3Cl.CH3.Pd/c1-2-3-4-5-6-7-8-9-16(13-24)21-12-15-10-11-17-18(15)22-14-23-19(17)20;1-7-8-9-10-11-12-13-14-16-15-22-19(5,6)20(16)17(21)23-18(2,3)4;1-12(2,3)18-11(15)14-10(7-8-16-6)9-17-13(14,4)5;8-7-5-2-1-3-6(5)9-4-10-7;1-2;;/h10,14,16,21,24H,2-9,11-13H2,1H3,(H2,20,22,23);16H,7-15H2,1-6H3;10H,7-9H2,1-6H3;1,3-4H,2H2,(H2,8,9,10);1H3;1H3;/q;;;;;-1;/t16-;;;;;;/m0....../s1. The van der Waals surface area contributed by atoms with E-state index < -0.39 is 22.7 Å². The molecule has 17 nitrogen and oxygen atoms in total. The molecule has 4 aliphatic rings. The van der Waals surface area contributed by atoms with E-state index in [2.05, 4.69) is 56.8 Å². The van der Waals surface area contributed by atoms with Gasteiger partial charge in [-0.05, 0) is 113 Å². The Bertz CT molecular complexity index is 2070. The van der Waals surface area contributed by atoms with Gasteiger partial charge in [0, 0.05) is 64.2 Å². The fraction of sp³-hybridized carbons (Fsp3) is 0.750. The number of nitrogens with one attached hydrogen (secondary N) is 1. The molecular formula is C60H107ClN9O8Pd-. The summed E-state index contributed by atoms with van der Waals surface area (Å²) in [5.74, 6) is 1.18. The predicted octanol–water partition coefficient (Wildman–Crippen LogP) is 12.9. The largest absolute Gasteiger partial charge is 0.444 e. The third-order valence-electron chi connectivity index (χ3n) is 13.5. The molecule has 2 aromatic rings. The number of allylic oxidation sites excluding steroid dienone is 2. The molecule has 0 spiro atoms. The van der Waals surface area contributed by atoms with Gasteiger partial charge in [-0.15, -0.1) is 11.6 Å². The van der Waals surface area contributed by atoms with Gasteiger partial charge in [-0.25, -0.2) is 29.5 Å². The number of fused-ring (bicyclic) bond motifs is 2. The first-order chi connectivity index (χ1) is 36.5. The van der Waals surface area contributed by atoms with Gasteiger partial charge in [0.05, 0.1) is 43.3 Å². The van der Waals surface area contributed by atoms with Crippen molar-refractivity contribution >= 4 is 47.1 Å². The van der Waals surface area contributed by atoms with Crippen molar-refractivity contribution in [1.29, 1.82) is 0 Å². The van der Waals surface area contributed by atoms with Crippen LogP contribution < -0.4 is 16.8 Å². The molecular weight excluding hydrogens is 1120 g/mol. The number of halogens is 1. The van der Waals surface area contributed by atoms with Crippen LogP contribution in [0.3, 0.4) is 0 Å². The Labute approximate surface area is 496 Å². The monoisotopic (exact) mass is 1220 g/mol. The second kappa shape index (κ2) is 39.1. The van der Waals surface area contributed by atoms with Gasteiger partial charge in [-0.1, -0.05) is 116 Å². The van der Waals surface area contributed by atoms with E-state index in [-0.39, 0.29) is 64.8 Å². The van der Waals surface area contributed by atoms with Crippen molar-refractivity contribution in [3.05, 3.63) is 54.7 Å². The van der Waals surface area contributed by atoms with Gasteiger partial charge in [0.25, 0.3) is 0 Å². The minimum atomic E-state index is -0.624. The van der Waals surface area contributed by atoms with Gasteiger partial charge < -0.3 is 53.0 Å². The number of ether oxygens (including phenoxy) is 5. The number of aromatic nitrogens is 4. The third kappa shape index (κ3) is 27.9. The molecule has 2 saturated heterocycles. The van der Waals surface area contributed by atoms with Crippen molar-refractivity contribution in [2.24, 2.45) is 0 Å².